The van der Waals surface area contributed by atoms with E-state index in [4.69, 9.17) is 4.74 Å². The predicted molar refractivity (Wildman–Crippen MR) is 102 cm³/mol. The summed E-state index contributed by atoms with van der Waals surface area (Å²) in [6.45, 7) is 8.03. The van der Waals surface area contributed by atoms with E-state index in [-0.39, 0.29) is 5.91 Å². The highest BCUT2D eigenvalue weighted by atomic mass is 16.5. The predicted octanol–water partition coefficient (Wildman–Crippen LogP) is 4.06. The lowest BCUT2D eigenvalue weighted by Gasteiger charge is -2.29. The van der Waals surface area contributed by atoms with Crippen LogP contribution in [0.2, 0.25) is 0 Å². The molecule has 0 radical (unpaired) electrons. The van der Waals surface area contributed by atoms with Gasteiger partial charge < -0.3 is 9.64 Å². The Morgan fingerprint density at radius 1 is 1.08 bits per heavy atom. The Bertz CT molecular complexity index is 554. The standard InChI is InChI=1S/C21H32N2O2/c1-18(2)11-16-22-14-7-4-8-15-23(19-9-5-3-6-10-19)20(24)21(12-13-21)25-17-22/h3,5-6,9-10,18H,4,7-8,11-17H2,1-2H3. The lowest BCUT2D eigenvalue weighted by molar-refractivity contribution is -0.137. The minimum atomic E-state index is -0.573. The molecule has 1 saturated heterocycles. The third-order valence-corrected chi connectivity index (χ3v) is 5.31. The van der Waals surface area contributed by atoms with Crippen molar-refractivity contribution in [3.05, 3.63) is 30.3 Å². The van der Waals surface area contributed by atoms with E-state index in [1.54, 1.807) is 0 Å². The molecule has 2 fully saturated rings. The molecule has 1 aliphatic carbocycles. The van der Waals surface area contributed by atoms with Gasteiger partial charge in [-0.05, 0) is 50.2 Å². The summed E-state index contributed by atoms with van der Waals surface area (Å²) >= 11 is 0. The van der Waals surface area contributed by atoms with E-state index in [9.17, 15) is 4.79 Å². The minimum Gasteiger partial charge on any atom is -0.350 e. The van der Waals surface area contributed by atoms with Gasteiger partial charge >= 0.3 is 0 Å². The number of nitrogens with zero attached hydrogens (tertiary/aromatic N) is 2. The molecule has 4 nitrogen and oxygen atoms in total. The van der Waals surface area contributed by atoms with Gasteiger partial charge in [-0.2, -0.15) is 0 Å². The Labute approximate surface area is 152 Å². The lowest BCUT2D eigenvalue weighted by Crippen LogP contribution is -2.44. The maximum absolute atomic E-state index is 13.2. The van der Waals surface area contributed by atoms with Crippen molar-refractivity contribution < 1.29 is 9.53 Å². The van der Waals surface area contributed by atoms with Crippen molar-refractivity contribution in [2.45, 2.75) is 58.0 Å². The van der Waals surface area contributed by atoms with Crippen molar-refractivity contribution in [2.75, 3.05) is 31.3 Å². The lowest BCUT2D eigenvalue weighted by atomic mass is 10.1. The van der Waals surface area contributed by atoms with Gasteiger partial charge in [0.2, 0.25) is 0 Å². The van der Waals surface area contributed by atoms with Gasteiger partial charge in [0.25, 0.3) is 5.91 Å². The quantitative estimate of drug-likeness (QED) is 0.826. The molecule has 0 N–H and O–H groups in total. The van der Waals surface area contributed by atoms with Crippen LogP contribution in [0.25, 0.3) is 0 Å². The van der Waals surface area contributed by atoms with Gasteiger partial charge in [-0.25, -0.2) is 0 Å². The van der Waals surface area contributed by atoms with E-state index in [1.165, 1.54) is 12.8 Å². The zero-order valence-electron chi connectivity index (χ0n) is 15.7. The summed E-state index contributed by atoms with van der Waals surface area (Å²) in [6.07, 6.45) is 6.27. The van der Waals surface area contributed by atoms with Crippen LogP contribution in [0.15, 0.2) is 30.3 Å². The molecule has 1 aromatic carbocycles. The first-order valence-corrected chi connectivity index (χ1v) is 9.84. The number of para-hydroxylation sites is 1. The Hall–Kier alpha value is -1.39. The molecule has 0 bridgehead atoms. The molecule has 138 valence electrons. The highest BCUT2D eigenvalue weighted by Crippen LogP contribution is 2.42. The topological polar surface area (TPSA) is 32.8 Å². The van der Waals surface area contributed by atoms with Crippen molar-refractivity contribution in [1.82, 2.24) is 4.90 Å². The third-order valence-electron chi connectivity index (χ3n) is 5.31. The largest absolute Gasteiger partial charge is 0.350 e. The Morgan fingerprint density at radius 3 is 2.48 bits per heavy atom. The van der Waals surface area contributed by atoms with Gasteiger partial charge in [-0.15, -0.1) is 0 Å². The van der Waals surface area contributed by atoms with Gasteiger partial charge in [-0.3, -0.25) is 9.69 Å². The van der Waals surface area contributed by atoms with Crippen LogP contribution in [-0.2, 0) is 9.53 Å². The van der Waals surface area contributed by atoms with Crippen LogP contribution in [0.3, 0.4) is 0 Å². The van der Waals surface area contributed by atoms with Crippen LogP contribution in [-0.4, -0.2) is 42.8 Å². The number of ether oxygens (including phenoxy) is 1. The third kappa shape index (κ3) is 4.83. The van der Waals surface area contributed by atoms with E-state index in [2.05, 4.69) is 18.7 Å². The summed E-state index contributed by atoms with van der Waals surface area (Å²) in [6, 6.07) is 10.1. The van der Waals surface area contributed by atoms with Crippen molar-refractivity contribution in [2.24, 2.45) is 5.92 Å². The molecule has 1 aliphatic heterocycles. The number of carbonyl (C=O) groups is 1. The van der Waals surface area contributed by atoms with Crippen LogP contribution >= 0.6 is 0 Å². The summed E-state index contributed by atoms with van der Waals surface area (Å²) in [4.78, 5) is 17.6. The average molecular weight is 344 g/mol. The van der Waals surface area contributed by atoms with Crippen molar-refractivity contribution in [3.8, 4) is 0 Å². The number of hydrogen-bond donors (Lipinski definition) is 0. The minimum absolute atomic E-state index is 0.157. The summed E-state index contributed by atoms with van der Waals surface area (Å²) in [5.41, 5.74) is 0.425. The summed E-state index contributed by atoms with van der Waals surface area (Å²) < 4.78 is 6.22. The first-order chi connectivity index (χ1) is 12.1. The van der Waals surface area contributed by atoms with E-state index in [1.807, 2.05) is 35.2 Å². The summed E-state index contributed by atoms with van der Waals surface area (Å²) in [5, 5.41) is 0. The number of hydrogen-bond acceptors (Lipinski definition) is 3. The number of rotatable bonds is 4. The second-order valence-electron chi connectivity index (χ2n) is 7.92. The molecule has 3 rings (SSSR count). The molecule has 4 heteroatoms. The Balaban J connectivity index is 1.71. The van der Waals surface area contributed by atoms with Crippen molar-refractivity contribution in [3.63, 3.8) is 0 Å². The molecule has 0 atom stereocenters. The highest BCUT2D eigenvalue weighted by Gasteiger charge is 2.53. The van der Waals surface area contributed by atoms with Crippen LogP contribution in [0, 0.1) is 5.92 Å². The van der Waals surface area contributed by atoms with Gasteiger partial charge in [0, 0.05) is 25.3 Å². The Morgan fingerprint density at radius 2 is 1.80 bits per heavy atom. The Kier molecular flexibility index (Phi) is 6.13. The monoisotopic (exact) mass is 344 g/mol. The number of amides is 1. The molecular formula is C21H32N2O2. The molecule has 25 heavy (non-hydrogen) atoms. The van der Waals surface area contributed by atoms with Crippen molar-refractivity contribution >= 4 is 11.6 Å². The van der Waals surface area contributed by atoms with Crippen LogP contribution in [0.1, 0.15) is 52.4 Å². The fourth-order valence-electron chi connectivity index (χ4n) is 3.41. The van der Waals surface area contributed by atoms with E-state index in [0.717, 1.165) is 51.0 Å². The zero-order chi connectivity index (χ0) is 17.7. The molecule has 1 spiro atoms. The van der Waals surface area contributed by atoms with Crippen LogP contribution < -0.4 is 4.90 Å². The van der Waals surface area contributed by atoms with Gasteiger partial charge in [0.1, 0.15) is 12.3 Å². The first-order valence-electron chi connectivity index (χ1n) is 9.84. The number of anilines is 1. The van der Waals surface area contributed by atoms with E-state index < -0.39 is 5.60 Å². The van der Waals surface area contributed by atoms with Crippen LogP contribution in [0.5, 0.6) is 0 Å². The molecule has 1 aromatic rings. The van der Waals surface area contributed by atoms with Gasteiger partial charge in [-0.1, -0.05) is 38.5 Å². The van der Waals surface area contributed by atoms with E-state index >= 15 is 0 Å². The second-order valence-corrected chi connectivity index (χ2v) is 7.92. The van der Waals surface area contributed by atoms with Crippen molar-refractivity contribution in [1.29, 1.82) is 0 Å². The number of carbonyl (C=O) groups excluding carboxylic acids is 1. The highest BCUT2D eigenvalue weighted by molar-refractivity contribution is 6.01. The van der Waals surface area contributed by atoms with Gasteiger partial charge in [0.05, 0.1) is 0 Å². The molecule has 1 amide bonds. The summed E-state index contributed by atoms with van der Waals surface area (Å²) in [7, 11) is 0. The molecular weight excluding hydrogens is 312 g/mol. The molecule has 2 aliphatic rings. The number of benzene rings is 1. The van der Waals surface area contributed by atoms with Crippen LogP contribution in [0.4, 0.5) is 5.69 Å². The molecule has 0 aromatic heterocycles. The molecule has 1 saturated carbocycles. The maximum Gasteiger partial charge on any atom is 0.259 e. The average Bonchev–Trinajstić information content (AvgIpc) is 3.40. The SMILES string of the molecule is CC(C)CCN1CCCCCN(c2ccccc2)C(=O)C2(CC2)OC1. The fourth-order valence-corrected chi connectivity index (χ4v) is 3.41. The normalized spacial score (nSPS) is 22.2. The van der Waals surface area contributed by atoms with E-state index in [0.29, 0.717) is 12.6 Å². The summed E-state index contributed by atoms with van der Waals surface area (Å²) in [5.74, 6) is 0.854. The second kappa shape index (κ2) is 8.33. The first kappa shape index (κ1) is 18.4. The van der Waals surface area contributed by atoms with Gasteiger partial charge in [0.15, 0.2) is 0 Å². The smallest absolute Gasteiger partial charge is 0.259 e. The maximum atomic E-state index is 13.2. The molecule has 1 heterocycles. The molecule has 0 unspecified atom stereocenters. The fraction of sp³-hybridized carbons (Fsp3) is 0.667. The zero-order valence-corrected chi connectivity index (χ0v) is 15.7.